The Bertz CT molecular complexity index is 418. The molecule has 1 aromatic rings. The molecule has 0 spiro atoms. The molecule has 0 aliphatic heterocycles. The van der Waals surface area contributed by atoms with E-state index in [4.69, 9.17) is 15.9 Å². The van der Waals surface area contributed by atoms with Gasteiger partial charge in [-0.05, 0) is 17.7 Å². The molecule has 5 nitrogen and oxygen atoms in total. The Morgan fingerprint density at radius 1 is 1.24 bits per heavy atom. The largest absolute Gasteiger partial charge is 0.481 e. The van der Waals surface area contributed by atoms with Crippen molar-refractivity contribution in [3.8, 4) is 0 Å². The number of nitrogens with two attached hydrogens (primary N) is 1. The molecule has 0 saturated heterocycles. The molecule has 0 aliphatic rings. The highest BCUT2D eigenvalue weighted by Gasteiger charge is 2.27. The van der Waals surface area contributed by atoms with Gasteiger partial charge in [-0.3, -0.25) is 9.59 Å². The molecule has 6 heteroatoms. The molecule has 1 aromatic carbocycles. The van der Waals surface area contributed by atoms with Crippen molar-refractivity contribution < 1.29 is 19.8 Å². The number of carboxylic acid groups (broad SMARTS) is 2. The van der Waals surface area contributed by atoms with Gasteiger partial charge < -0.3 is 15.9 Å². The van der Waals surface area contributed by atoms with Crippen molar-refractivity contribution in [1.82, 2.24) is 0 Å². The van der Waals surface area contributed by atoms with Crippen molar-refractivity contribution in [2.24, 2.45) is 5.73 Å². The van der Waals surface area contributed by atoms with Crippen molar-refractivity contribution in [3.63, 3.8) is 0 Å². The lowest BCUT2D eigenvalue weighted by Gasteiger charge is -2.19. The maximum Gasteiger partial charge on any atom is 0.321 e. The second kappa shape index (κ2) is 5.79. The van der Waals surface area contributed by atoms with E-state index in [0.29, 0.717) is 5.56 Å². The van der Waals surface area contributed by atoms with E-state index in [-0.39, 0.29) is 6.42 Å². The zero-order valence-corrected chi connectivity index (χ0v) is 10.4. The Morgan fingerprint density at radius 2 is 1.76 bits per heavy atom. The molecule has 0 radical (unpaired) electrons. The van der Waals surface area contributed by atoms with E-state index in [2.05, 4.69) is 15.9 Å². The molecule has 17 heavy (non-hydrogen) atoms. The Labute approximate surface area is 106 Å². The lowest BCUT2D eigenvalue weighted by atomic mass is 9.89. The second-order valence-electron chi connectivity index (χ2n) is 3.62. The Balaban J connectivity index is 3.01. The molecule has 2 unspecified atom stereocenters. The third kappa shape index (κ3) is 3.83. The number of hydrogen-bond acceptors (Lipinski definition) is 3. The molecule has 92 valence electrons. The molecule has 0 aliphatic carbocycles. The van der Waals surface area contributed by atoms with Gasteiger partial charge in [-0.1, -0.05) is 28.1 Å². The van der Waals surface area contributed by atoms with Gasteiger partial charge in [-0.25, -0.2) is 0 Å². The molecule has 0 bridgehead atoms. The van der Waals surface area contributed by atoms with Gasteiger partial charge >= 0.3 is 11.9 Å². The zero-order valence-electron chi connectivity index (χ0n) is 8.84. The van der Waals surface area contributed by atoms with Crippen LogP contribution in [0.4, 0.5) is 0 Å². The highest BCUT2D eigenvalue weighted by Crippen LogP contribution is 2.24. The standard InChI is InChI=1S/C11H12BrNO4/c12-7-3-1-6(2-4-7)8(5-9(14)15)10(13)11(16)17/h1-4,8,10H,5,13H2,(H,14,15)(H,16,17). The maximum atomic E-state index is 10.8. The predicted molar refractivity (Wildman–Crippen MR) is 64.7 cm³/mol. The first-order valence-electron chi connectivity index (χ1n) is 4.87. The summed E-state index contributed by atoms with van der Waals surface area (Å²) in [6.07, 6.45) is -0.310. The van der Waals surface area contributed by atoms with Crippen LogP contribution in [-0.2, 0) is 9.59 Å². The highest BCUT2D eigenvalue weighted by atomic mass is 79.9. The van der Waals surface area contributed by atoms with Crippen molar-refractivity contribution in [3.05, 3.63) is 34.3 Å². The molecule has 1 rings (SSSR count). The summed E-state index contributed by atoms with van der Waals surface area (Å²) in [6, 6.07) is 5.55. The summed E-state index contributed by atoms with van der Waals surface area (Å²) in [5.74, 6) is -3.02. The molecule has 4 N–H and O–H groups in total. The number of benzene rings is 1. The number of rotatable bonds is 5. The van der Waals surface area contributed by atoms with Crippen molar-refractivity contribution >= 4 is 27.9 Å². The molecule has 2 atom stereocenters. The minimum absolute atomic E-state index is 0.310. The summed E-state index contributed by atoms with van der Waals surface area (Å²) < 4.78 is 0.833. The van der Waals surface area contributed by atoms with Gasteiger partial charge in [0, 0.05) is 10.4 Å². The van der Waals surface area contributed by atoms with Crippen LogP contribution in [-0.4, -0.2) is 28.2 Å². The van der Waals surface area contributed by atoms with Gasteiger partial charge in [0.1, 0.15) is 6.04 Å². The second-order valence-corrected chi connectivity index (χ2v) is 4.54. The first-order chi connectivity index (χ1) is 7.91. The number of carbonyl (C=O) groups is 2. The van der Waals surface area contributed by atoms with Crippen LogP contribution in [0.5, 0.6) is 0 Å². The summed E-state index contributed by atoms with van der Waals surface area (Å²) in [4.78, 5) is 21.6. The molecule has 0 saturated carbocycles. The van der Waals surface area contributed by atoms with E-state index in [1.54, 1.807) is 24.3 Å². The normalized spacial score (nSPS) is 14.0. The quantitative estimate of drug-likeness (QED) is 0.763. The van der Waals surface area contributed by atoms with Gasteiger partial charge in [0.15, 0.2) is 0 Å². The molecule has 0 heterocycles. The van der Waals surface area contributed by atoms with Crippen LogP contribution in [0.2, 0.25) is 0 Å². The fraction of sp³-hybridized carbons (Fsp3) is 0.273. The van der Waals surface area contributed by atoms with E-state index < -0.39 is 23.9 Å². The average Bonchev–Trinajstić information content (AvgIpc) is 2.26. The van der Waals surface area contributed by atoms with Crippen molar-refractivity contribution in [2.75, 3.05) is 0 Å². The first-order valence-corrected chi connectivity index (χ1v) is 5.66. The van der Waals surface area contributed by atoms with Crippen molar-refractivity contribution in [2.45, 2.75) is 18.4 Å². The molecule has 0 aromatic heterocycles. The third-order valence-corrected chi connectivity index (χ3v) is 2.94. The van der Waals surface area contributed by atoms with E-state index in [0.717, 1.165) is 4.47 Å². The summed E-state index contributed by atoms with van der Waals surface area (Å²) in [6.45, 7) is 0. The SMILES string of the molecule is NC(C(=O)O)C(CC(=O)O)c1ccc(Br)cc1. The Morgan fingerprint density at radius 3 is 2.18 bits per heavy atom. The van der Waals surface area contributed by atoms with Gasteiger partial charge in [0.05, 0.1) is 6.42 Å². The van der Waals surface area contributed by atoms with Crippen molar-refractivity contribution in [1.29, 1.82) is 0 Å². The minimum Gasteiger partial charge on any atom is -0.481 e. The van der Waals surface area contributed by atoms with Gasteiger partial charge in [-0.15, -0.1) is 0 Å². The smallest absolute Gasteiger partial charge is 0.321 e. The van der Waals surface area contributed by atoms with Gasteiger partial charge in [0.2, 0.25) is 0 Å². The van der Waals surface area contributed by atoms with E-state index in [9.17, 15) is 9.59 Å². The number of carboxylic acids is 2. The fourth-order valence-corrected chi connectivity index (χ4v) is 1.79. The highest BCUT2D eigenvalue weighted by molar-refractivity contribution is 9.10. The fourth-order valence-electron chi connectivity index (χ4n) is 1.52. The van der Waals surface area contributed by atoms with Crippen LogP contribution in [0.1, 0.15) is 17.9 Å². The van der Waals surface area contributed by atoms with E-state index in [1.165, 1.54) is 0 Å². The van der Waals surface area contributed by atoms with Crippen LogP contribution in [0.15, 0.2) is 28.7 Å². The van der Waals surface area contributed by atoms with Crippen LogP contribution in [0.3, 0.4) is 0 Å². The van der Waals surface area contributed by atoms with Crippen LogP contribution in [0, 0.1) is 0 Å². The number of aliphatic carboxylic acids is 2. The predicted octanol–water partition coefficient (Wildman–Crippen LogP) is 1.42. The van der Waals surface area contributed by atoms with Crippen LogP contribution < -0.4 is 5.73 Å². The summed E-state index contributed by atoms with van der Waals surface area (Å²) in [7, 11) is 0. The summed E-state index contributed by atoms with van der Waals surface area (Å²) in [5, 5.41) is 17.6. The zero-order chi connectivity index (χ0) is 13.0. The molecule has 0 amide bonds. The Kier molecular flexibility index (Phi) is 4.65. The molecular weight excluding hydrogens is 290 g/mol. The van der Waals surface area contributed by atoms with Gasteiger partial charge in [0.25, 0.3) is 0 Å². The van der Waals surface area contributed by atoms with E-state index >= 15 is 0 Å². The minimum atomic E-state index is -1.23. The maximum absolute atomic E-state index is 10.8. The number of halogens is 1. The summed E-state index contributed by atoms with van der Waals surface area (Å²) in [5.41, 5.74) is 6.11. The van der Waals surface area contributed by atoms with Gasteiger partial charge in [-0.2, -0.15) is 0 Å². The topological polar surface area (TPSA) is 101 Å². The average molecular weight is 302 g/mol. The first kappa shape index (κ1) is 13.7. The Hall–Kier alpha value is -1.40. The molecular formula is C11H12BrNO4. The summed E-state index contributed by atoms with van der Waals surface area (Å²) >= 11 is 3.25. The van der Waals surface area contributed by atoms with Crippen LogP contribution >= 0.6 is 15.9 Å². The lowest BCUT2D eigenvalue weighted by molar-refractivity contribution is -0.140. The van der Waals surface area contributed by atoms with E-state index in [1.807, 2.05) is 0 Å². The monoisotopic (exact) mass is 301 g/mol. The van der Waals surface area contributed by atoms with Crippen LogP contribution in [0.25, 0.3) is 0 Å². The lowest BCUT2D eigenvalue weighted by Crippen LogP contribution is -2.37. The molecule has 0 fully saturated rings. The number of hydrogen-bond donors (Lipinski definition) is 3. The third-order valence-electron chi connectivity index (χ3n) is 2.41.